The van der Waals surface area contributed by atoms with Gasteiger partial charge in [-0.05, 0) is 26.1 Å². The third-order valence-electron chi connectivity index (χ3n) is 1.65. The second-order valence-electron chi connectivity index (χ2n) is 4.40. The van der Waals surface area contributed by atoms with Crippen LogP contribution in [0.5, 0.6) is 0 Å². The Morgan fingerprint density at radius 1 is 1.15 bits per heavy atom. The minimum absolute atomic E-state index is 0.00438. The van der Waals surface area contributed by atoms with Crippen LogP contribution < -0.4 is 0 Å². The molecule has 0 N–H and O–H groups in total. The Kier molecular flexibility index (Phi) is 6.04. The summed E-state index contributed by atoms with van der Waals surface area (Å²) in [7, 11) is -1.64. The average molecular weight is 202 g/mol. The Labute approximate surface area is 82.8 Å². The highest BCUT2D eigenvalue weighted by molar-refractivity contribution is 6.71. The van der Waals surface area contributed by atoms with Gasteiger partial charge in [0.2, 0.25) is 8.32 Å². The third-order valence-corrected chi connectivity index (χ3v) is 2.49. The molecular weight excluding hydrogens is 180 g/mol. The fraction of sp³-hybridized carbons (Fsp3) is 0.900. The molecule has 3 heteroatoms. The molecule has 2 nitrogen and oxygen atoms in total. The van der Waals surface area contributed by atoms with Gasteiger partial charge in [-0.2, -0.15) is 0 Å². The maximum atomic E-state index is 11.2. The molecule has 0 amide bonds. The van der Waals surface area contributed by atoms with Crippen molar-refractivity contribution < 1.29 is 9.22 Å². The monoisotopic (exact) mass is 202 g/mol. The molecule has 0 saturated carbocycles. The van der Waals surface area contributed by atoms with Crippen LogP contribution in [-0.4, -0.2) is 14.3 Å². The van der Waals surface area contributed by atoms with E-state index in [4.69, 9.17) is 4.43 Å². The minimum atomic E-state index is -1.64. The summed E-state index contributed by atoms with van der Waals surface area (Å²) in [5.74, 6) is -0.00438. The Bertz CT molecular complexity index is 149. The van der Waals surface area contributed by atoms with Crippen molar-refractivity contribution in [1.29, 1.82) is 0 Å². The zero-order valence-electron chi connectivity index (χ0n) is 9.35. The van der Waals surface area contributed by atoms with Crippen molar-refractivity contribution in [2.24, 2.45) is 0 Å². The first-order valence-corrected chi connectivity index (χ1v) is 8.58. The van der Waals surface area contributed by atoms with Gasteiger partial charge in [0.1, 0.15) is 0 Å². The van der Waals surface area contributed by atoms with Crippen molar-refractivity contribution in [2.45, 2.75) is 58.7 Å². The lowest BCUT2D eigenvalue weighted by Gasteiger charge is -2.16. The lowest BCUT2D eigenvalue weighted by molar-refractivity contribution is -0.135. The molecule has 0 unspecified atom stereocenters. The van der Waals surface area contributed by atoms with Gasteiger partial charge < -0.3 is 4.43 Å². The Morgan fingerprint density at radius 3 is 2.23 bits per heavy atom. The summed E-state index contributed by atoms with van der Waals surface area (Å²) in [6, 6.07) is 0. The van der Waals surface area contributed by atoms with Crippen molar-refractivity contribution in [3.8, 4) is 0 Å². The molecule has 0 fully saturated rings. The quantitative estimate of drug-likeness (QED) is 0.488. The summed E-state index contributed by atoms with van der Waals surface area (Å²) >= 11 is 0. The van der Waals surface area contributed by atoms with Crippen molar-refractivity contribution in [3.63, 3.8) is 0 Å². The molecule has 0 radical (unpaired) electrons. The normalized spacial score (nSPS) is 11.4. The largest absolute Gasteiger partial charge is 0.520 e. The molecule has 0 atom stereocenters. The molecule has 0 aliphatic carbocycles. The molecule has 0 aromatic rings. The van der Waals surface area contributed by atoms with Crippen LogP contribution in [-0.2, 0) is 9.22 Å². The van der Waals surface area contributed by atoms with Crippen LogP contribution in [0.25, 0.3) is 0 Å². The van der Waals surface area contributed by atoms with Crippen molar-refractivity contribution in [1.82, 2.24) is 0 Å². The first-order valence-electron chi connectivity index (χ1n) is 5.17. The van der Waals surface area contributed by atoms with Crippen molar-refractivity contribution >= 4 is 14.3 Å². The molecule has 0 bridgehead atoms. The second-order valence-corrected chi connectivity index (χ2v) is 8.83. The Balaban J connectivity index is 3.41. The topological polar surface area (TPSA) is 26.3 Å². The van der Waals surface area contributed by atoms with E-state index in [1.54, 1.807) is 0 Å². The molecule has 13 heavy (non-hydrogen) atoms. The van der Waals surface area contributed by atoms with E-state index in [1.165, 1.54) is 12.8 Å². The fourth-order valence-electron chi connectivity index (χ4n) is 1.09. The number of carbonyl (C=O) groups excluding carboxylic acids is 1. The zero-order valence-corrected chi connectivity index (χ0v) is 10.4. The lowest BCUT2D eigenvalue weighted by Crippen LogP contribution is -2.28. The summed E-state index contributed by atoms with van der Waals surface area (Å²) in [5, 5.41) is 0. The van der Waals surface area contributed by atoms with Gasteiger partial charge >= 0.3 is 0 Å². The predicted octanol–water partition coefficient (Wildman–Crippen LogP) is 3.33. The minimum Gasteiger partial charge on any atom is -0.520 e. The maximum absolute atomic E-state index is 11.2. The van der Waals surface area contributed by atoms with Gasteiger partial charge in [-0.15, -0.1) is 0 Å². The Morgan fingerprint density at radius 2 is 1.77 bits per heavy atom. The van der Waals surface area contributed by atoms with Crippen LogP contribution in [0, 0.1) is 0 Å². The summed E-state index contributed by atoms with van der Waals surface area (Å²) in [4.78, 5) is 11.2. The molecule has 0 rings (SSSR count). The number of hydrogen-bond acceptors (Lipinski definition) is 2. The summed E-state index contributed by atoms with van der Waals surface area (Å²) < 4.78 is 5.32. The van der Waals surface area contributed by atoms with E-state index in [2.05, 4.69) is 6.92 Å². The SMILES string of the molecule is CCCCCCC(=O)O[Si](C)(C)C. The molecule has 0 aromatic heterocycles. The molecule has 0 saturated heterocycles. The first kappa shape index (κ1) is 12.7. The van der Waals surface area contributed by atoms with E-state index in [0.717, 1.165) is 12.8 Å². The van der Waals surface area contributed by atoms with Gasteiger partial charge in [-0.25, -0.2) is 0 Å². The van der Waals surface area contributed by atoms with E-state index in [0.29, 0.717) is 6.42 Å². The van der Waals surface area contributed by atoms with Gasteiger partial charge in [0.05, 0.1) is 0 Å². The summed E-state index contributed by atoms with van der Waals surface area (Å²) in [5.41, 5.74) is 0. The first-order chi connectivity index (χ1) is 5.95. The van der Waals surface area contributed by atoms with Gasteiger partial charge in [0.15, 0.2) is 0 Å². The second kappa shape index (κ2) is 6.19. The van der Waals surface area contributed by atoms with Gasteiger partial charge in [0.25, 0.3) is 5.97 Å². The Hall–Kier alpha value is -0.313. The van der Waals surface area contributed by atoms with Gasteiger partial charge in [-0.3, -0.25) is 4.79 Å². The van der Waals surface area contributed by atoms with Crippen molar-refractivity contribution in [2.75, 3.05) is 0 Å². The van der Waals surface area contributed by atoms with Crippen LogP contribution in [0.4, 0.5) is 0 Å². The van der Waals surface area contributed by atoms with Crippen LogP contribution in [0.3, 0.4) is 0 Å². The van der Waals surface area contributed by atoms with E-state index in [-0.39, 0.29) is 5.97 Å². The third kappa shape index (κ3) is 9.60. The van der Waals surface area contributed by atoms with Crippen LogP contribution >= 0.6 is 0 Å². The van der Waals surface area contributed by atoms with Crippen LogP contribution in [0.2, 0.25) is 19.6 Å². The average Bonchev–Trinajstić information content (AvgIpc) is 1.94. The molecule has 78 valence electrons. The predicted molar refractivity (Wildman–Crippen MR) is 58.2 cm³/mol. The van der Waals surface area contributed by atoms with Crippen LogP contribution in [0.15, 0.2) is 0 Å². The maximum Gasteiger partial charge on any atom is 0.292 e. The number of hydrogen-bond donors (Lipinski definition) is 0. The molecule has 0 aliphatic heterocycles. The fourth-order valence-corrected chi connectivity index (χ4v) is 1.87. The standard InChI is InChI=1S/C10H22O2Si/c1-5-6-7-8-9-10(11)12-13(2,3)4/h5-9H2,1-4H3. The van der Waals surface area contributed by atoms with Gasteiger partial charge in [0, 0.05) is 6.42 Å². The van der Waals surface area contributed by atoms with E-state index < -0.39 is 8.32 Å². The highest BCUT2D eigenvalue weighted by atomic mass is 28.4. The van der Waals surface area contributed by atoms with E-state index >= 15 is 0 Å². The van der Waals surface area contributed by atoms with Gasteiger partial charge in [-0.1, -0.05) is 26.2 Å². The smallest absolute Gasteiger partial charge is 0.292 e. The summed E-state index contributed by atoms with van der Waals surface area (Å²) in [6.07, 6.45) is 5.17. The molecule has 0 heterocycles. The summed E-state index contributed by atoms with van der Waals surface area (Å²) in [6.45, 7) is 8.28. The molecule has 0 spiro atoms. The molecule has 0 aromatic carbocycles. The van der Waals surface area contributed by atoms with Crippen molar-refractivity contribution in [3.05, 3.63) is 0 Å². The number of unbranched alkanes of at least 4 members (excludes halogenated alkanes) is 3. The van der Waals surface area contributed by atoms with E-state index in [9.17, 15) is 4.79 Å². The molecular formula is C10H22O2Si. The highest BCUT2D eigenvalue weighted by Crippen LogP contribution is 2.08. The highest BCUT2D eigenvalue weighted by Gasteiger charge is 2.19. The van der Waals surface area contributed by atoms with E-state index in [1.807, 2.05) is 19.6 Å². The van der Waals surface area contributed by atoms with Crippen LogP contribution in [0.1, 0.15) is 39.0 Å². The number of carbonyl (C=O) groups is 1. The zero-order chi connectivity index (χ0) is 10.3. The lowest BCUT2D eigenvalue weighted by atomic mass is 10.2. The molecule has 0 aliphatic rings. The number of rotatable bonds is 6.